The molecule has 2 aromatic carbocycles. The van der Waals surface area contributed by atoms with Gasteiger partial charge in [-0.1, -0.05) is 77.2 Å². The molecule has 0 radical (unpaired) electrons. The molecule has 1 aliphatic rings. The predicted molar refractivity (Wildman–Crippen MR) is 143 cm³/mol. The number of Topliss-reactive ketones (excluding diaryl/α,β-unsaturated/α-hetero) is 1. The molecule has 0 spiro atoms. The van der Waals surface area contributed by atoms with E-state index in [1.807, 2.05) is 30.3 Å². The number of halogens is 1. The van der Waals surface area contributed by atoms with Gasteiger partial charge < -0.3 is 5.11 Å². The molecule has 1 unspecified atom stereocenters. The summed E-state index contributed by atoms with van der Waals surface area (Å²) >= 11 is 10.1. The first-order valence-electron chi connectivity index (χ1n) is 10.8. The van der Waals surface area contributed by atoms with Gasteiger partial charge in [0.15, 0.2) is 10.1 Å². The number of aliphatic hydroxyl groups is 1. The minimum atomic E-state index is -0.885. The van der Waals surface area contributed by atoms with Crippen LogP contribution < -0.4 is 4.90 Å². The number of ketones is 1. The zero-order valence-electron chi connectivity index (χ0n) is 19.1. The zero-order valence-corrected chi connectivity index (χ0v) is 22.3. The molecule has 5 rings (SSSR count). The summed E-state index contributed by atoms with van der Waals surface area (Å²) in [5, 5.41) is 21.0. The molecular formula is C25H19ClN4O3S3. The van der Waals surface area contributed by atoms with Crippen molar-refractivity contribution in [3.05, 3.63) is 97.7 Å². The summed E-state index contributed by atoms with van der Waals surface area (Å²) in [6.07, 6.45) is 0. The van der Waals surface area contributed by atoms with Gasteiger partial charge in [0.1, 0.15) is 0 Å². The van der Waals surface area contributed by atoms with Crippen molar-refractivity contribution in [2.45, 2.75) is 30.0 Å². The van der Waals surface area contributed by atoms with Crippen LogP contribution in [-0.4, -0.2) is 32.0 Å². The number of aliphatic hydroxyl groups excluding tert-OH is 1. The zero-order chi connectivity index (χ0) is 25.4. The Labute approximate surface area is 224 Å². The van der Waals surface area contributed by atoms with Crippen LogP contribution in [0, 0.1) is 13.8 Å². The Balaban J connectivity index is 1.52. The lowest BCUT2D eigenvalue weighted by Gasteiger charge is -2.24. The lowest BCUT2D eigenvalue weighted by molar-refractivity contribution is -0.117. The number of benzene rings is 2. The molecule has 0 fully saturated rings. The highest BCUT2D eigenvalue weighted by Gasteiger charge is 2.46. The SMILES string of the molecule is Cc1nc(C)c(C(=O)C2=C(O)C(=O)N(c3nnc(SCc4ccccc4)s3)C2c2ccc(Cl)cc2)s1. The lowest BCUT2D eigenvalue weighted by atomic mass is 9.95. The summed E-state index contributed by atoms with van der Waals surface area (Å²) < 4.78 is 0.671. The predicted octanol–water partition coefficient (Wildman–Crippen LogP) is 6.34. The van der Waals surface area contributed by atoms with E-state index < -0.39 is 23.5 Å². The molecule has 0 aliphatic carbocycles. The van der Waals surface area contributed by atoms with E-state index in [9.17, 15) is 14.7 Å². The summed E-state index contributed by atoms with van der Waals surface area (Å²) in [7, 11) is 0. The highest BCUT2D eigenvalue weighted by atomic mass is 35.5. The van der Waals surface area contributed by atoms with E-state index >= 15 is 0 Å². The minimum absolute atomic E-state index is 0.0113. The molecule has 182 valence electrons. The molecule has 0 saturated carbocycles. The van der Waals surface area contributed by atoms with Crippen LogP contribution in [0.2, 0.25) is 5.02 Å². The van der Waals surface area contributed by atoms with Crippen molar-refractivity contribution >= 4 is 62.9 Å². The number of aromatic nitrogens is 3. The second kappa shape index (κ2) is 10.1. The van der Waals surface area contributed by atoms with Gasteiger partial charge in [-0.15, -0.1) is 21.5 Å². The molecule has 11 heteroatoms. The fourth-order valence-corrected chi connectivity index (χ4v) is 6.76. The van der Waals surface area contributed by atoms with E-state index in [2.05, 4.69) is 15.2 Å². The van der Waals surface area contributed by atoms with Crippen LogP contribution in [0.15, 0.2) is 70.3 Å². The van der Waals surface area contributed by atoms with E-state index in [1.54, 1.807) is 38.1 Å². The number of amides is 1. The number of nitrogens with zero attached hydrogens (tertiary/aromatic N) is 4. The van der Waals surface area contributed by atoms with Gasteiger partial charge in [-0.3, -0.25) is 14.5 Å². The van der Waals surface area contributed by atoms with Crippen LogP contribution in [-0.2, 0) is 10.5 Å². The maximum Gasteiger partial charge on any atom is 0.296 e. The molecule has 0 saturated heterocycles. The quantitative estimate of drug-likeness (QED) is 0.162. The first kappa shape index (κ1) is 24.6. The third-order valence-electron chi connectivity index (χ3n) is 5.56. The average molecular weight is 555 g/mol. The summed E-state index contributed by atoms with van der Waals surface area (Å²) in [6, 6.07) is 15.9. The number of carbonyl (C=O) groups is 2. The second-order valence-corrected chi connectivity index (χ2v) is 11.8. The maximum atomic E-state index is 13.6. The summed E-state index contributed by atoms with van der Waals surface area (Å²) in [6.45, 7) is 3.54. The lowest BCUT2D eigenvalue weighted by Crippen LogP contribution is -2.31. The third kappa shape index (κ3) is 4.69. The molecule has 2 aromatic heterocycles. The third-order valence-corrected chi connectivity index (χ3v) is 9.01. The number of thioether (sulfide) groups is 1. The van der Waals surface area contributed by atoms with Crippen LogP contribution >= 0.6 is 46.0 Å². The van der Waals surface area contributed by atoms with Gasteiger partial charge in [-0.2, -0.15) is 0 Å². The van der Waals surface area contributed by atoms with Crippen molar-refractivity contribution in [3.63, 3.8) is 0 Å². The molecule has 1 atom stereocenters. The first-order chi connectivity index (χ1) is 17.3. The Kier molecular flexibility index (Phi) is 6.94. The van der Waals surface area contributed by atoms with E-state index in [1.165, 1.54) is 39.3 Å². The summed E-state index contributed by atoms with van der Waals surface area (Å²) in [5.74, 6) is -1.04. The summed E-state index contributed by atoms with van der Waals surface area (Å²) in [5.41, 5.74) is 2.30. The molecule has 0 bridgehead atoms. The number of hydrogen-bond donors (Lipinski definition) is 1. The molecule has 7 nitrogen and oxygen atoms in total. The molecular weight excluding hydrogens is 536 g/mol. The minimum Gasteiger partial charge on any atom is -0.503 e. The summed E-state index contributed by atoms with van der Waals surface area (Å²) in [4.78, 5) is 33.0. The largest absolute Gasteiger partial charge is 0.503 e. The van der Waals surface area contributed by atoms with Crippen molar-refractivity contribution < 1.29 is 14.7 Å². The Bertz CT molecular complexity index is 1480. The van der Waals surface area contributed by atoms with Crippen LogP contribution in [0.5, 0.6) is 0 Å². The van der Waals surface area contributed by atoms with Gasteiger partial charge >= 0.3 is 0 Å². The van der Waals surface area contributed by atoms with Crippen molar-refractivity contribution in [2.24, 2.45) is 0 Å². The van der Waals surface area contributed by atoms with Crippen molar-refractivity contribution in [1.82, 2.24) is 15.2 Å². The molecule has 3 heterocycles. The number of anilines is 1. The molecule has 1 aliphatic heterocycles. The van der Waals surface area contributed by atoms with Gasteiger partial charge in [0.25, 0.3) is 5.91 Å². The fourth-order valence-electron chi connectivity index (χ4n) is 3.94. The smallest absolute Gasteiger partial charge is 0.296 e. The van der Waals surface area contributed by atoms with Crippen LogP contribution in [0.25, 0.3) is 0 Å². The van der Waals surface area contributed by atoms with E-state index in [0.29, 0.717) is 36.4 Å². The highest BCUT2D eigenvalue weighted by molar-refractivity contribution is 8.00. The van der Waals surface area contributed by atoms with Crippen LogP contribution in [0.4, 0.5) is 5.13 Å². The van der Waals surface area contributed by atoms with Crippen LogP contribution in [0.3, 0.4) is 0 Å². The van der Waals surface area contributed by atoms with E-state index in [4.69, 9.17) is 11.6 Å². The topological polar surface area (TPSA) is 96.3 Å². The Hall–Kier alpha value is -3.05. The van der Waals surface area contributed by atoms with Gasteiger partial charge in [0, 0.05) is 10.8 Å². The first-order valence-corrected chi connectivity index (χ1v) is 13.8. The van der Waals surface area contributed by atoms with Crippen molar-refractivity contribution in [1.29, 1.82) is 0 Å². The number of rotatable bonds is 7. The Morgan fingerprint density at radius 2 is 1.81 bits per heavy atom. The molecule has 4 aromatic rings. The number of hydrogen-bond acceptors (Lipinski definition) is 9. The average Bonchev–Trinajstić information content (AvgIpc) is 3.54. The van der Waals surface area contributed by atoms with Gasteiger partial charge in [0.2, 0.25) is 10.9 Å². The van der Waals surface area contributed by atoms with Gasteiger partial charge in [-0.05, 0) is 37.1 Å². The molecule has 1 amide bonds. The van der Waals surface area contributed by atoms with Crippen LogP contribution in [0.1, 0.15) is 37.5 Å². The van der Waals surface area contributed by atoms with Crippen molar-refractivity contribution in [3.8, 4) is 0 Å². The number of thiazole rings is 1. The monoisotopic (exact) mass is 554 g/mol. The Morgan fingerprint density at radius 3 is 2.47 bits per heavy atom. The fraction of sp³-hybridized carbons (Fsp3) is 0.160. The van der Waals surface area contributed by atoms with E-state index in [0.717, 1.165) is 10.6 Å². The molecule has 1 N–H and O–H groups in total. The Morgan fingerprint density at radius 1 is 1.08 bits per heavy atom. The highest BCUT2D eigenvalue weighted by Crippen LogP contribution is 2.44. The molecule has 36 heavy (non-hydrogen) atoms. The number of carbonyl (C=O) groups excluding carboxylic acids is 2. The van der Waals surface area contributed by atoms with Gasteiger partial charge in [-0.25, -0.2) is 4.98 Å². The van der Waals surface area contributed by atoms with Gasteiger partial charge in [0.05, 0.1) is 27.2 Å². The standard InChI is InChI=1S/C25H19ClN4O3S3/c1-13-22(35-14(2)27-13)20(31)18-19(16-8-10-17(26)11-9-16)30(23(33)21(18)32)24-28-29-25(36-24)34-12-15-6-4-3-5-7-15/h3-11,19,32H,12H2,1-2H3. The maximum absolute atomic E-state index is 13.6. The second-order valence-electron chi connectivity index (χ2n) is 7.99. The number of aryl methyl sites for hydroxylation is 2. The normalized spacial score (nSPS) is 15.7. The van der Waals surface area contributed by atoms with E-state index in [-0.39, 0.29) is 5.57 Å². The van der Waals surface area contributed by atoms with Crippen molar-refractivity contribution in [2.75, 3.05) is 4.90 Å².